The Labute approximate surface area is 171 Å². The van der Waals surface area contributed by atoms with Crippen LogP contribution in [0.1, 0.15) is 38.4 Å². The predicted octanol–water partition coefficient (Wildman–Crippen LogP) is 4.01. The van der Waals surface area contributed by atoms with Gasteiger partial charge in [-0.05, 0) is 55.3 Å². The Morgan fingerprint density at radius 3 is 2.41 bits per heavy atom. The van der Waals surface area contributed by atoms with Gasteiger partial charge in [-0.25, -0.2) is 4.90 Å². The van der Waals surface area contributed by atoms with Gasteiger partial charge in [-0.1, -0.05) is 23.4 Å². The number of carbonyl (C=O) groups is 3. The van der Waals surface area contributed by atoms with Gasteiger partial charge in [0.25, 0.3) is 11.8 Å². The summed E-state index contributed by atoms with van der Waals surface area (Å²) in [5.41, 5.74) is 2.96. The molecule has 0 aliphatic carbocycles. The van der Waals surface area contributed by atoms with Crippen LogP contribution in [0.3, 0.4) is 0 Å². The smallest absolute Gasteiger partial charge is 0.266 e. The molecule has 1 aliphatic rings. The van der Waals surface area contributed by atoms with E-state index in [1.54, 1.807) is 55.5 Å². The highest BCUT2D eigenvalue weighted by atomic mass is 35.5. The number of hydrogen-bond donors (Lipinski definition) is 1. The minimum Gasteiger partial charge on any atom is -0.344 e. The van der Waals surface area contributed by atoms with Crippen molar-refractivity contribution in [3.8, 4) is 0 Å². The van der Waals surface area contributed by atoms with Gasteiger partial charge in [-0.3, -0.25) is 14.4 Å². The van der Waals surface area contributed by atoms with Crippen LogP contribution in [-0.4, -0.2) is 22.9 Å². The Bertz CT molecular complexity index is 1080. The van der Waals surface area contributed by atoms with Crippen LogP contribution in [0.4, 0.5) is 11.4 Å². The fourth-order valence-corrected chi connectivity index (χ4v) is 3.51. The van der Waals surface area contributed by atoms with Gasteiger partial charge in [0.1, 0.15) is 0 Å². The standard InChI is InChI=1S/C21H16ClN3O4/c1-12-15(19(22)29-24-12)9-10-18(26)23-13-5-4-6-14(11-13)25-20(27)16-7-2-3-8-17(16)21(25)28/h2-8,11H,9-10H2,1H3,(H,23,26). The zero-order valence-corrected chi connectivity index (χ0v) is 16.2. The molecule has 7 nitrogen and oxygen atoms in total. The number of nitrogens with one attached hydrogen (secondary N) is 1. The number of halogens is 1. The van der Waals surface area contributed by atoms with E-state index in [1.807, 2.05) is 0 Å². The van der Waals surface area contributed by atoms with Crippen molar-refractivity contribution in [2.75, 3.05) is 10.2 Å². The maximum atomic E-state index is 12.6. The first-order chi connectivity index (χ1) is 14.0. The molecule has 8 heteroatoms. The number of hydrogen-bond acceptors (Lipinski definition) is 5. The van der Waals surface area contributed by atoms with E-state index in [0.29, 0.717) is 40.2 Å². The largest absolute Gasteiger partial charge is 0.344 e. The maximum Gasteiger partial charge on any atom is 0.266 e. The first kappa shape index (κ1) is 18.9. The summed E-state index contributed by atoms with van der Waals surface area (Å²) < 4.78 is 4.88. The summed E-state index contributed by atoms with van der Waals surface area (Å²) in [6, 6.07) is 13.3. The third kappa shape index (κ3) is 3.52. The van der Waals surface area contributed by atoms with Gasteiger partial charge in [0, 0.05) is 17.7 Å². The average Bonchev–Trinajstić information content (AvgIpc) is 3.17. The lowest BCUT2D eigenvalue weighted by Crippen LogP contribution is -2.29. The summed E-state index contributed by atoms with van der Waals surface area (Å²) in [6.07, 6.45) is 0.567. The molecule has 0 atom stereocenters. The lowest BCUT2D eigenvalue weighted by molar-refractivity contribution is -0.116. The van der Waals surface area contributed by atoms with Crippen molar-refractivity contribution in [2.24, 2.45) is 0 Å². The van der Waals surface area contributed by atoms with Crippen molar-refractivity contribution in [1.82, 2.24) is 5.16 Å². The van der Waals surface area contributed by atoms with Gasteiger partial charge < -0.3 is 9.84 Å². The molecule has 0 radical (unpaired) electrons. The number of rotatable bonds is 5. The molecule has 0 unspecified atom stereocenters. The Morgan fingerprint density at radius 1 is 1.10 bits per heavy atom. The van der Waals surface area contributed by atoms with Gasteiger partial charge >= 0.3 is 0 Å². The van der Waals surface area contributed by atoms with Crippen molar-refractivity contribution in [3.05, 3.63) is 76.1 Å². The lowest BCUT2D eigenvalue weighted by atomic mass is 10.1. The van der Waals surface area contributed by atoms with Gasteiger partial charge in [-0.2, -0.15) is 0 Å². The number of benzene rings is 2. The number of nitrogens with zero attached hydrogens (tertiary/aromatic N) is 2. The molecule has 3 amide bonds. The molecular formula is C21H16ClN3O4. The summed E-state index contributed by atoms with van der Waals surface area (Å²) in [4.78, 5) is 38.7. The highest BCUT2D eigenvalue weighted by molar-refractivity contribution is 6.34. The highest BCUT2D eigenvalue weighted by Crippen LogP contribution is 2.30. The van der Waals surface area contributed by atoms with Crippen LogP contribution in [0.5, 0.6) is 0 Å². The molecule has 3 aromatic rings. The molecule has 2 aromatic carbocycles. The fraction of sp³-hybridized carbons (Fsp3) is 0.143. The minimum absolute atomic E-state index is 0.180. The van der Waals surface area contributed by atoms with Crippen LogP contribution in [0, 0.1) is 6.92 Å². The second-order valence-electron chi connectivity index (χ2n) is 6.61. The van der Waals surface area contributed by atoms with E-state index in [1.165, 1.54) is 0 Å². The van der Waals surface area contributed by atoms with Gasteiger partial charge in [0.15, 0.2) is 0 Å². The van der Waals surface area contributed by atoms with E-state index in [4.69, 9.17) is 16.1 Å². The van der Waals surface area contributed by atoms with E-state index < -0.39 is 0 Å². The monoisotopic (exact) mass is 409 g/mol. The SMILES string of the molecule is Cc1noc(Cl)c1CCC(=O)Nc1cccc(N2C(=O)c3ccccc3C2=O)c1. The number of carbonyl (C=O) groups excluding carboxylic acids is 3. The Morgan fingerprint density at radius 2 is 1.79 bits per heavy atom. The van der Waals surface area contributed by atoms with E-state index in [-0.39, 0.29) is 29.4 Å². The van der Waals surface area contributed by atoms with Gasteiger partial charge in [0.2, 0.25) is 11.1 Å². The zero-order chi connectivity index (χ0) is 20.5. The number of imide groups is 1. The average molecular weight is 410 g/mol. The van der Waals surface area contributed by atoms with Crippen LogP contribution < -0.4 is 10.2 Å². The van der Waals surface area contributed by atoms with E-state index in [2.05, 4.69) is 10.5 Å². The molecular weight excluding hydrogens is 394 g/mol. The van der Waals surface area contributed by atoms with E-state index in [9.17, 15) is 14.4 Å². The molecule has 146 valence electrons. The first-order valence-electron chi connectivity index (χ1n) is 8.94. The Balaban J connectivity index is 1.48. The molecule has 0 spiro atoms. The van der Waals surface area contributed by atoms with Crippen molar-refractivity contribution >= 4 is 40.7 Å². The molecule has 4 rings (SSSR count). The number of amides is 3. The van der Waals surface area contributed by atoms with Crippen LogP contribution in [0.2, 0.25) is 5.22 Å². The normalized spacial score (nSPS) is 13.0. The molecule has 1 aliphatic heterocycles. The summed E-state index contributed by atoms with van der Waals surface area (Å²) >= 11 is 5.92. The second kappa shape index (κ2) is 7.52. The number of fused-ring (bicyclic) bond motifs is 1. The lowest BCUT2D eigenvalue weighted by Gasteiger charge is -2.15. The molecule has 0 bridgehead atoms. The second-order valence-corrected chi connectivity index (χ2v) is 6.95. The Hall–Kier alpha value is -3.45. The molecule has 29 heavy (non-hydrogen) atoms. The van der Waals surface area contributed by atoms with Crippen LogP contribution in [0.25, 0.3) is 0 Å². The summed E-state index contributed by atoms with van der Waals surface area (Å²) in [7, 11) is 0. The van der Waals surface area contributed by atoms with Crippen molar-refractivity contribution in [3.63, 3.8) is 0 Å². The summed E-state index contributed by atoms with van der Waals surface area (Å²) in [5, 5.41) is 6.72. The Kier molecular flexibility index (Phi) is 4.90. The van der Waals surface area contributed by atoms with Gasteiger partial charge in [0.05, 0.1) is 22.5 Å². The minimum atomic E-state index is -0.383. The van der Waals surface area contributed by atoms with Crippen LogP contribution in [0.15, 0.2) is 53.1 Å². The van der Waals surface area contributed by atoms with Gasteiger partial charge in [-0.15, -0.1) is 0 Å². The fourth-order valence-electron chi connectivity index (χ4n) is 3.25. The van der Waals surface area contributed by atoms with Crippen molar-refractivity contribution < 1.29 is 18.9 Å². The van der Waals surface area contributed by atoms with Crippen LogP contribution >= 0.6 is 11.6 Å². The number of anilines is 2. The highest BCUT2D eigenvalue weighted by Gasteiger charge is 2.36. The van der Waals surface area contributed by atoms with E-state index in [0.717, 1.165) is 4.90 Å². The van der Waals surface area contributed by atoms with Crippen LogP contribution in [-0.2, 0) is 11.2 Å². The molecule has 2 heterocycles. The predicted molar refractivity (Wildman–Crippen MR) is 107 cm³/mol. The topological polar surface area (TPSA) is 92.5 Å². The first-order valence-corrected chi connectivity index (χ1v) is 9.32. The van der Waals surface area contributed by atoms with Crippen molar-refractivity contribution in [1.29, 1.82) is 0 Å². The molecule has 0 saturated carbocycles. The third-order valence-electron chi connectivity index (χ3n) is 4.72. The number of aromatic nitrogens is 1. The molecule has 1 aromatic heterocycles. The quantitative estimate of drug-likeness (QED) is 0.643. The zero-order valence-electron chi connectivity index (χ0n) is 15.4. The maximum absolute atomic E-state index is 12.6. The summed E-state index contributed by atoms with van der Waals surface area (Å²) in [5.74, 6) is -1.00. The summed E-state index contributed by atoms with van der Waals surface area (Å²) in [6.45, 7) is 1.76. The molecule has 0 fully saturated rings. The van der Waals surface area contributed by atoms with Crippen molar-refractivity contribution in [2.45, 2.75) is 19.8 Å². The number of aryl methyl sites for hydroxylation is 1. The molecule has 1 N–H and O–H groups in total. The third-order valence-corrected chi connectivity index (χ3v) is 5.02. The molecule has 0 saturated heterocycles. The van der Waals surface area contributed by atoms with E-state index >= 15 is 0 Å².